The second-order valence-corrected chi connectivity index (χ2v) is 11.3. The summed E-state index contributed by atoms with van der Waals surface area (Å²) in [5.74, 6) is -1.70. The SMILES string of the molecule is CCC(C(=O)NC(C)(C)C)N(Cc1ccccc1C)C(=O)CN1C(=O)c2ccccc2S1(=O)=O. The number of hydrogen-bond donors (Lipinski definition) is 1. The number of nitrogens with zero attached hydrogens (tertiary/aromatic N) is 2. The van der Waals surface area contributed by atoms with Crippen molar-refractivity contribution in [2.45, 2.75) is 64.1 Å². The van der Waals surface area contributed by atoms with Gasteiger partial charge in [-0.3, -0.25) is 14.4 Å². The number of carbonyl (C=O) groups excluding carboxylic acids is 3. The Morgan fingerprint density at radius 3 is 2.26 bits per heavy atom. The van der Waals surface area contributed by atoms with Crippen LogP contribution in [0.1, 0.15) is 55.6 Å². The molecule has 3 amide bonds. The number of benzene rings is 2. The molecule has 0 saturated carbocycles. The molecule has 1 heterocycles. The standard InChI is InChI=1S/C25H31N3O5S/c1-6-20(23(30)26-25(3,4)5)27(15-18-12-8-7-11-17(18)2)22(29)16-28-24(31)19-13-9-10-14-21(19)34(28,32)33/h7-14,20H,6,15-16H2,1-5H3,(H,26,30). The molecule has 2 aromatic carbocycles. The molecular formula is C25H31N3O5S. The Morgan fingerprint density at radius 1 is 1.06 bits per heavy atom. The van der Waals surface area contributed by atoms with Crippen LogP contribution in [0.5, 0.6) is 0 Å². The number of aryl methyl sites for hydroxylation is 1. The van der Waals surface area contributed by atoms with Crippen molar-refractivity contribution in [3.8, 4) is 0 Å². The fourth-order valence-electron chi connectivity index (χ4n) is 3.94. The van der Waals surface area contributed by atoms with Gasteiger partial charge in [0.05, 0.1) is 5.56 Å². The lowest BCUT2D eigenvalue weighted by Gasteiger charge is -2.34. The van der Waals surface area contributed by atoms with Crippen molar-refractivity contribution in [3.63, 3.8) is 0 Å². The molecule has 0 fully saturated rings. The van der Waals surface area contributed by atoms with Crippen LogP contribution in [0.4, 0.5) is 0 Å². The molecule has 1 atom stereocenters. The van der Waals surface area contributed by atoms with Gasteiger partial charge in [-0.1, -0.05) is 43.3 Å². The van der Waals surface area contributed by atoms with Crippen molar-refractivity contribution in [1.29, 1.82) is 0 Å². The Balaban J connectivity index is 1.96. The van der Waals surface area contributed by atoms with Gasteiger partial charge < -0.3 is 10.2 Å². The minimum Gasteiger partial charge on any atom is -0.350 e. The molecule has 1 aliphatic heterocycles. The zero-order valence-corrected chi connectivity index (χ0v) is 21.0. The van der Waals surface area contributed by atoms with Crippen LogP contribution in [0.3, 0.4) is 0 Å². The van der Waals surface area contributed by atoms with Crippen molar-refractivity contribution >= 4 is 27.7 Å². The molecule has 0 saturated heterocycles. The number of sulfonamides is 1. The first-order chi connectivity index (χ1) is 15.9. The summed E-state index contributed by atoms with van der Waals surface area (Å²) in [6.07, 6.45) is 0.320. The van der Waals surface area contributed by atoms with Gasteiger partial charge in [0.25, 0.3) is 15.9 Å². The summed E-state index contributed by atoms with van der Waals surface area (Å²) >= 11 is 0. The number of fused-ring (bicyclic) bond motifs is 1. The molecule has 0 radical (unpaired) electrons. The van der Waals surface area contributed by atoms with Crippen molar-refractivity contribution in [1.82, 2.24) is 14.5 Å². The number of carbonyl (C=O) groups is 3. The third kappa shape index (κ3) is 5.14. The predicted octanol–water partition coefficient (Wildman–Crippen LogP) is 2.86. The molecule has 1 unspecified atom stereocenters. The van der Waals surface area contributed by atoms with Crippen LogP contribution < -0.4 is 5.32 Å². The van der Waals surface area contributed by atoms with Gasteiger partial charge in [-0.25, -0.2) is 12.7 Å². The molecule has 182 valence electrons. The summed E-state index contributed by atoms with van der Waals surface area (Å²) in [6.45, 7) is 8.66. The first-order valence-electron chi connectivity index (χ1n) is 11.2. The smallest absolute Gasteiger partial charge is 0.269 e. The summed E-state index contributed by atoms with van der Waals surface area (Å²) in [5.41, 5.74) is 1.29. The zero-order chi connectivity index (χ0) is 25.3. The quantitative estimate of drug-likeness (QED) is 0.650. The lowest BCUT2D eigenvalue weighted by atomic mass is 10.0. The summed E-state index contributed by atoms with van der Waals surface area (Å²) < 4.78 is 26.6. The van der Waals surface area contributed by atoms with E-state index in [2.05, 4.69) is 5.32 Å². The third-order valence-electron chi connectivity index (χ3n) is 5.68. The van der Waals surface area contributed by atoms with Crippen molar-refractivity contribution < 1.29 is 22.8 Å². The Bertz CT molecular complexity index is 1220. The summed E-state index contributed by atoms with van der Waals surface area (Å²) in [6, 6.07) is 12.5. The molecule has 3 rings (SSSR count). The Labute approximate surface area is 201 Å². The van der Waals surface area contributed by atoms with Crippen LogP contribution in [0.25, 0.3) is 0 Å². The van der Waals surface area contributed by atoms with E-state index < -0.39 is 40.0 Å². The highest BCUT2D eigenvalue weighted by Crippen LogP contribution is 2.30. The molecule has 9 heteroatoms. The minimum absolute atomic E-state index is 0.0401. The topological polar surface area (TPSA) is 104 Å². The van der Waals surface area contributed by atoms with Crippen LogP contribution in [0.2, 0.25) is 0 Å². The van der Waals surface area contributed by atoms with Crippen molar-refractivity contribution in [2.24, 2.45) is 0 Å². The van der Waals surface area contributed by atoms with E-state index >= 15 is 0 Å². The molecule has 8 nitrogen and oxygen atoms in total. The van der Waals surface area contributed by atoms with Gasteiger partial charge in [0, 0.05) is 12.1 Å². The highest BCUT2D eigenvalue weighted by Gasteiger charge is 2.43. The third-order valence-corrected chi connectivity index (χ3v) is 7.46. The van der Waals surface area contributed by atoms with Crippen LogP contribution in [-0.2, 0) is 26.2 Å². The number of hydrogen-bond acceptors (Lipinski definition) is 5. The van der Waals surface area contributed by atoms with E-state index in [1.54, 1.807) is 13.0 Å². The van der Waals surface area contributed by atoms with E-state index in [0.29, 0.717) is 10.7 Å². The normalized spacial score (nSPS) is 15.6. The molecule has 1 N–H and O–H groups in total. The summed E-state index contributed by atoms with van der Waals surface area (Å²) in [5, 5.41) is 2.91. The lowest BCUT2D eigenvalue weighted by Crippen LogP contribution is -2.55. The molecule has 0 bridgehead atoms. The molecule has 0 aromatic heterocycles. The van der Waals surface area contributed by atoms with Gasteiger partial charge in [-0.15, -0.1) is 0 Å². The van der Waals surface area contributed by atoms with Gasteiger partial charge in [-0.05, 0) is 57.4 Å². The lowest BCUT2D eigenvalue weighted by molar-refractivity contribution is -0.142. The van der Waals surface area contributed by atoms with Crippen molar-refractivity contribution in [2.75, 3.05) is 6.54 Å². The fraction of sp³-hybridized carbons (Fsp3) is 0.400. The Hall–Kier alpha value is -3.20. The van der Waals surface area contributed by atoms with E-state index in [4.69, 9.17) is 0 Å². The van der Waals surface area contributed by atoms with E-state index in [-0.39, 0.29) is 22.9 Å². The van der Waals surface area contributed by atoms with Gasteiger partial charge in [0.1, 0.15) is 17.5 Å². The minimum atomic E-state index is -4.15. The molecule has 2 aromatic rings. The number of rotatable bonds is 7. The van der Waals surface area contributed by atoms with Crippen molar-refractivity contribution in [3.05, 3.63) is 65.2 Å². The zero-order valence-electron chi connectivity index (χ0n) is 20.2. The second-order valence-electron chi connectivity index (χ2n) is 9.42. The Kier molecular flexibility index (Phi) is 7.16. The molecule has 1 aliphatic rings. The maximum Gasteiger partial charge on any atom is 0.269 e. The highest BCUT2D eigenvalue weighted by atomic mass is 32.2. The monoisotopic (exact) mass is 485 g/mol. The maximum absolute atomic E-state index is 13.6. The van der Waals surface area contributed by atoms with Gasteiger partial charge >= 0.3 is 0 Å². The summed E-state index contributed by atoms with van der Waals surface area (Å²) in [7, 11) is -4.15. The van der Waals surface area contributed by atoms with E-state index in [1.165, 1.54) is 23.1 Å². The maximum atomic E-state index is 13.6. The van der Waals surface area contributed by atoms with Gasteiger partial charge in [-0.2, -0.15) is 0 Å². The first kappa shape index (κ1) is 25.4. The van der Waals surface area contributed by atoms with Gasteiger partial charge in [0.15, 0.2) is 0 Å². The first-order valence-corrected chi connectivity index (χ1v) is 12.6. The van der Waals surface area contributed by atoms with Crippen LogP contribution >= 0.6 is 0 Å². The number of amides is 3. The molecule has 0 aliphatic carbocycles. The van der Waals surface area contributed by atoms with Crippen LogP contribution in [-0.4, -0.2) is 53.5 Å². The molecule has 34 heavy (non-hydrogen) atoms. The van der Waals surface area contributed by atoms with Crippen LogP contribution in [0.15, 0.2) is 53.4 Å². The summed E-state index contributed by atoms with van der Waals surface area (Å²) in [4.78, 5) is 40.8. The van der Waals surface area contributed by atoms with Crippen LogP contribution in [0, 0.1) is 6.92 Å². The average molecular weight is 486 g/mol. The fourth-order valence-corrected chi connectivity index (χ4v) is 5.46. The largest absolute Gasteiger partial charge is 0.350 e. The Morgan fingerprint density at radius 2 is 1.68 bits per heavy atom. The average Bonchev–Trinajstić information content (AvgIpc) is 2.94. The van der Waals surface area contributed by atoms with E-state index in [1.807, 2.05) is 52.0 Å². The number of nitrogens with one attached hydrogen (secondary N) is 1. The van der Waals surface area contributed by atoms with E-state index in [9.17, 15) is 22.8 Å². The highest BCUT2D eigenvalue weighted by molar-refractivity contribution is 7.90. The molecular weight excluding hydrogens is 454 g/mol. The second kappa shape index (κ2) is 9.58. The van der Waals surface area contributed by atoms with E-state index in [0.717, 1.165) is 11.1 Å². The van der Waals surface area contributed by atoms with Gasteiger partial charge in [0.2, 0.25) is 11.8 Å². The molecule has 0 spiro atoms. The predicted molar refractivity (Wildman–Crippen MR) is 128 cm³/mol.